The Labute approximate surface area is 101 Å². The fourth-order valence-corrected chi connectivity index (χ4v) is 1.58. The van der Waals surface area contributed by atoms with Gasteiger partial charge in [0.25, 0.3) is 0 Å². The molecule has 0 radical (unpaired) electrons. The first-order valence-electron chi connectivity index (χ1n) is 4.70. The number of nitrogens with zero attached hydrogens (tertiary/aromatic N) is 1. The molecule has 0 N–H and O–H groups in total. The number of halogens is 2. The van der Waals surface area contributed by atoms with Gasteiger partial charge in [-0.15, -0.1) is 0 Å². The molecule has 0 aliphatic carbocycles. The van der Waals surface area contributed by atoms with E-state index in [0.717, 1.165) is 4.47 Å². The maximum atomic E-state index is 13.0. The molecule has 2 rings (SSSR count). The number of benzene rings is 1. The summed E-state index contributed by atoms with van der Waals surface area (Å²) in [4.78, 5) is 3.93. The number of rotatable bonds is 2. The minimum atomic E-state index is -0.235. The Morgan fingerprint density at radius 2 is 2.12 bits per heavy atom. The number of aromatic nitrogens is 1. The van der Waals surface area contributed by atoms with E-state index < -0.39 is 0 Å². The van der Waals surface area contributed by atoms with Crippen LogP contribution in [0.25, 0.3) is 0 Å². The molecule has 4 heteroatoms. The van der Waals surface area contributed by atoms with Gasteiger partial charge in [0, 0.05) is 18.5 Å². The molecule has 0 atom stereocenters. The minimum absolute atomic E-state index is 0.235. The van der Waals surface area contributed by atoms with Crippen LogP contribution in [0.5, 0.6) is 11.5 Å². The fourth-order valence-electron chi connectivity index (χ4n) is 1.25. The Morgan fingerprint density at radius 3 is 2.81 bits per heavy atom. The minimum Gasteiger partial charge on any atom is -0.456 e. The number of ether oxygens (including phenoxy) is 1. The van der Waals surface area contributed by atoms with E-state index in [1.807, 2.05) is 0 Å². The van der Waals surface area contributed by atoms with E-state index in [-0.39, 0.29) is 5.82 Å². The van der Waals surface area contributed by atoms with Gasteiger partial charge in [0.15, 0.2) is 0 Å². The van der Waals surface area contributed by atoms with Crippen molar-refractivity contribution >= 4 is 15.9 Å². The van der Waals surface area contributed by atoms with Gasteiger partial charge < -0.3 is 4.74 Å². The molecule has 0 aliphatic heterocycles. The predicted molar refractivity (Wildman–Crippen MR) is 63.1 cm³/mol. The molecule has 0 spiro atoms. The van der Waals surface area contributed by atoms with Crippen molar-refractivity contribution < 1.29 is 9.13 Å². The van der Waals surface area contributed by atoms with Crippen molar-refractivity contribution in [1.29, 1.82) is 0 Å². The predicted octanol–water partition coefficient (Wildman–Crippen LogP) is 4.08. The molecule has 0 aliphatic rings. The summed E-state index contributed by atoms with van der Waals surface area (Å²) < 4.78 is 19.4. The molecule has 1 aromatic heterocycles. The quantitative estimate of drug-likeness (QED) is 0.827. The average Bonchev–Trinajstić information content (AvgIpc) is 2.27. The zero-order chi connectivity index (χ0) is 11.5. The molecule has 2 aromatic rings. The van der Waals surface area contributed by atoms with Crippen molar-refractivity contribution in [1.82, 2.24) is 4.98 Å². The Kier molecular flexibility index (Phi) is 3.19. The van der Waals surface area contributed by atoms with E-state index in [4.69, 9.17) is 4.74 Å². The van der Waals surface area contributed by atoms with E-state index in [1.165, 1.54) is 6.07 Å². The molecule has 0 saturated carbocycles. The van der Waals surface area contributed by atoms with Gasteiger partial charge in [-0.2, -0.15) is 0 Å². The second kappa shape index (κ2) is 4.61. The molecule has 1 heterocycles. The average molecular weight is 282 g/mol. The molecule has 0 amide bonds. The van der Waals surface area contributed by atoms with Crippen LogP contribution in [0.1, 0.15) is 5.56 Å². The zero-order valence-corrected chi connectivity index (χ0v) is 10.2. The van der Waals surface area contributed by atoms with Crippen molar-refractivity contribution in [3.05, 3.63) is 52.5 Å². The summed E-state index contributed by atoms with van der Waals surface area (Å²) >= 11 is 3.33. The van der Waals surface area contributed by atoms with Crippen LogP contribution in [0.4, 0.5) is 4.39 Å². The van der Waals surface area contributed by atoms with Crippen molar-refractivity contribution in [2.75, 3.05) is 0 Å². The SMILES string of the molecule is Cc1cc(Oc2ccncc2Br)ccc1F. The maximum Gasteiger partial charge on any atom is 0.144 e. The van der Waals surface area contributed by atoms with Gasteiger partial charge in [-0.1, -0.05) is 0 Å². The van der Waals surface area contributed by atoms with Gasteiger partial charge in [-0.25, -0.2) is 4.39 Å². The zero-order valence-electron chi connectivity index (χ0n) is 8.58. The molecule has 2 nitrogen and oxygen atoms in total. The smallest absolute Gasteiger partial charge is 0.144 e. The lowest BCUT2D eigenvalue weighted by molar-refractivity contribution is 0.476. The molecule has 16 heavy (non-hydrogen) atoms. The third-order valence-corrected chi connectivity index (χ3v) is 2.69. The van der Waals surface area contributed by atoms with E-state index in [9.17, 15) is 4.39 Å². The van der Waals surface area contributed by atoms with Gasteiger partial charge in [-0.05, 0) is 46.6 Å². The lowest BCUT2D eigenvalue weighted by Crippen LogP contribution is -1.88. The lowest BCUT2D eigenvalue weighted by atomic mass is 10.2. The van der Waals surface area contributed by atoms with Crippen molar-refractivity contribution in [2.45, 2.75) is 6.92 Å². The third-order valence-electron chi connectivity index (χ3n) is 2.09. The van der Waals surface area contributed by atoms with Crippen LogP contribution in [0.2, 0.25) is 0 Å². The van der Waals surface area contributed by atoms with Crippen LogP contribution in [0, 0.1) is 12.7 Å². The molecule has 0 fully saturated rings. The van der Waals surface area contributed by atoms with Gasteiger partial charge in [0.1, 0.15) is 17.3 Å². The third kappa shape index (κ3) is 2.39. The standard InChI is InChI=1S/C12H9BrFNO/c1-8-6-9(2-3-11(8)14)16-12-4-5-15-7-10(12)13/h2-7H,1H3. The van der Waals surface area contributed by atoms with Gasteiger partial charge in [-0.3, -0.25) is 4.98 Å². The first-order chi connectivity index (χ1) is 7.66. The first kappa shape index (κ1) is 11.1. The Balaban J connectivity index is 2.28. The molecule has 82 valence electrons. The van der Waals surface area contributed by atoms with Gasteiger partial charge in [0.05, 0.1) is 4.47 Å². The maximum absolute atomic E-state index is 13.0. The summed E-state index contributed by atoms with van der Waals surface area (Å²) in [7, 11) is 0. The molecule has 0 saturated heterocycles. The monoisotopic (exact) mass is 281 g/mol. The van der Waals surface area contributed by atoms with Crippen molar-refractivity contribution in [2.24, 2.45) is 0 Å². The van der Waals surface area contributed by atoms with Crippen LogP contribution < -0.4 is 4.74 Å². The highest BCUT2D eigenvalue weighted by atomic mass is 79.9. The van der Waals surface area contributed by atoms with Crippen molar-refractivity contribution in [3.8, 4) is 11.5 Å². The normalized spacial score (nSPS) is 10.2. The van der Waals surface area contributed by atoms with Crippen LogP contribution in [-0.2, 0) is 0 Å². The summed E-state index contributed by atoms with van der Waals surface area (Å²) in [5.41, 5.74) is 0.558. The van der Waals surface area contributed by atoms with E-state index in [1.54, 1.807) is 37.5 Å². The number of hydrogen-bond donors (Lipinski definition) is 0. The number of hydrogen-bond acceptors (Lipinski definition) is 2. The van der Waals surface area contributed by atoms with Crippen LogP contribution in [0.3, 0.4) is 0 Å². The van der Waals surface area contributed by atoms with E-state index in [2.05, 4.69) is 20.9 Å². The summed E-state index contributed by atoms with van der Waals surface area (Å²) in [6, 6.07) is 6.37. The van der Waals surface area contributed by atoms with E-state index >= 15 is 0 Å². The second-order valence-corrected chi connectivity index (χ2v) is 4.17. The summed E-state index contributed by atoms with van der Waals surface area (Å²) in [6.45, 7) is 1.70. The molecule has 0 bridgehead atoms. The van der Waals surface area contributed by atoms with Crippen LogP contribution in [0.15, 0.2) is 41.1 Å². The highest BCUT2D eigenvalue weighted by molar-refractivity contribution is 9.10. The van der Waals surface area contributed by atoms with E-state index in [0.29, 0.717) is 17.1 Å². The Bertz CT molecular complexity index is 516. The van der Waals surface area contributed by atoms with Crippen LogP contribution in [-0.4, -0.2) is 4.98 Å². The first-order valence-corrected chi connectivity index (χ1v) is 5.49. The molecular formula is C12H9BrFNO. The van der Waals surface area contributed by atoms with Crippen LogP contribution >= 0.6 is 15.9 Å². The lowest BCUT2D eigenvalue weighted by Gasteiger charge is -2.07. The largest absolute Gasteiger partial charge is 0.456 e. The van der Waals surface area contributed by atoms with Gasteiger partial charge >= 0.3 is 0 Å². The number of aryl methyl sites for hydroxylation is 1. The summed E-state index contributed by atoms with van der Waals surface area (Å²) in [6.07, 6.45) is 3.28. The molecular weight excluding hydrogens is 273 g/mol. The Hall–Kier alpha value is -1.42. The molecule has 0 unspecified atom stereocenters. The highest BCUT2D eigenvalue weighted by Gasteiger charge is 2.04. The number of pyridine rings is 1. The fraction of sp³-hybridized carbons (Fsp3) is 0.0833. The highest BCUT2D eigenvalue weighted by Crippen LogP contribution is 2.29. The molecule has 1 aromatic carbocycles. The topological polar surface area (TPSA) is 22.1 Å². The van der Waals surface area contributed by atoms with Crippen molar-refractivity contribution in [3.63, 3.8) is 0 Å². The summed E-state index contributed by atoms with van der Waals surface area (Å²) in [5, 5.41) is 0. The second-order valence-electron chi connectivity index (χ2n) is 3.32. The summed E-state index contributed by atoms with van der Waals surface area (Å²) in [5.74, 6) is 1.02. The Morgan fingerprint density at radius 1 is 1.31 bits per heavy atom. The van der Waals surface area contributed by atoms with Gasteiger partial charge in [0.2, 0.25) is 0 Å².